The molecule has 2 unspecified atom stereocenters. The highest BCUT2D eigenvalue weighted by atomic mass is 19.1. The Morgan fingerprint density at radius 1 is 1.43 bits per heavy atom. The average molecular weight is 292 g/mol. The van der Waals surface area contributed by atoms with Crippen LogP contribution in [0.3, 0.4) is 0 Å². The second-order valence-corrected chi connectivity index (χ2v) is 5.51. The van der Waals surface area contributed by atoms with E-state index in [2.05, 4.69) is 5.32 Å². The van der Waals surface area contributed by atoms with Crippen LogP contribution in [-0.4, -0.2) is 36.2 Å². The second-order valence-electron chi connectivity index (χ2n) is 5.51. The molecular formula is C16H21FN2O2. The molecule has 5 heteroatoms. The van der Waals surface area contributed by atoms with Crippen molar-refractivity contribution in [1.82, 2.24) is 10.2 Å². The Labute approximate surface area is 124 Å². The zero-order chi connectivity index (χ0) is 15.2. The fourth-order valence-corrected chi connectivity index (χ4v) is 2.67. The predicted molar refractivity (Wildman–Crippen MR) is 78.2 cm³/mol. The van der Waals surface area contributed by atoms with Gasteiger partial charge in [0.25, 0.3) is 0 Å². The number of carbonyl (C=O) groups excluding carboxylic acids is 2. The van der Waals surface area contributed by atoms with E-state index in [-0.39, 0.29) is 30.4 Å². The van der Waals surface area contributed by atoms with E-state index in [1.807, 2.05) is 11.8 Å². The van der Waals surface area contributed by atoms with Crippen molar-refractivity contribution in [1.29, 1.82) is 0 Å². The first-order chi connectivity index (χ1) is 10.1. The van der Waals surface area contributed by atoms with E-state index in [0.717, 1.165) is 37.7 Å². The van der Waals surface area contributed by atoms with Crippen LogP contribution in [0.4, 0.5) is 4.39 Å². The van der Waals surface area contributed by atoms with Gasteiger partial charge in [-0.2, -0.15) is 0 Å². The SMILES string of the molecule is CC(NC(=O)CN1CCCCC1C=O)c1ccc(F)cc1. The number of aldehydes is 1. The van der Waals surface area contributed by atoms with Gasteiger partial charge in [-0.25, -0.2) is 4.39 Å². The number of rotatable bonds is 5. The molecule has 1 saturated heterocycles. The molecule has 0 bridgehead atoms. The minimum absolute atomic E-state index is 0.111. The molecule has 0 spiro atoms. The van der Waals surface area contributed by atoms with Crippen molar-refractivity contribution in [3.8, 4) is 0 Å². The predicted octanol–water partition coefficient (Wildman–Crippen LogP) is 2.06. The molecule has 2 rings (SSSR count). The number of nitrogens with zero attached hydrogens (tertiary/aromatic N) is 1. The third kappa shape index (κ3) is 4.36. The summed E-state index contributed by atoms with van der Waals surface area (Å²) in [7, 11) is 0. The molecule has 114 valence electrons. The molecule has 1 N–H and O–H groups in total. The normalized spacial score (nSPS) is 20.8. The van der Waals surface area contributed by atoms with Crippen LogP contribution in [0, 0.1) is 5.82 Å². The number of carbonyl (C=O) groups is 2. The van der Waals surface area contributed by atoms with Crippen LogP contribution in [0.1, 0.15) is 37.8 Å². The highest BCUT2D eigenvalue weighted by molar-refractivity contribution is 5.79. The van der Waals surface area contributed by atoms with Gasteiger partial charge in [0.15, 0.2) is 0 Å². The zero-order valence-electron chi connectivity index (χ0n) is 12.2. The topological polar surface area (TPSA) is 49.4 Å². The zero-order valence-corrected chi connectivity index (χ0v) is 12.2. The van der Waals surface area contributed by atoms with Gasteiger partial charge in [0.2, 0.25) is 5.91 Å². The highest BCUT2D eigenvalue weighted by Crippen LogP contribution is 2.16. The summed E-state index contributed by atoms with van der Waals surface area (Å²) in [6.07, 6.45) is 3.80. The van der Waals surface area contributed by atoms with Crippen molar-refractivity contribution >= 4 is 12.2 Å². The van der Waals surface area contributed by atoms with E-state index in [1.54, 1.807) is 12.1 Å². The van der Waals surface area contributed by atoms with Crippen molar-refractivity contribution in [2.45, 2.75) is 38.3 Å². The van der Waals surface area contributed by atoms with E-state index in [1.165, 1.54) is 12.1 Å². The average Bonchev–Trinajstić information content (AvgIpc) is 2.48. The lowest BCUT2D eigenvalue weighted by Crippen LogP contribution is -2.46. The number of nitrogens with one attached hydrogen (secondary N) is 1. The molecule has 0 aromatic heterocycles. The lowest BCUT2D eigenvalue weighted by Gasteiger charge is -2.31. The lowest BCUT2D eigenvalue weighted by molar-refractivity contribution is -0.125. The van der Waals surface area contributed by atoms with E-state index in [9.17, 15) is 14.0 Å². The molecular weight excluding hydrogens is 271 g/mol. The molecule has 1 aliphatic rings. The molecule has 1 aliphatic heterocycles. The molecule has 0 radical (unpaired) electrons. The van der Waals surface area contributed by atoms with Crippen LogP contribution in [0.25, 0.3) is 0 Å². The second kappa shape index (κ2) is 7.31. The van der Waals surface area contributed by atoms with Gasteiger partial charge in [-0.05, 0) is 44.0 Å². The third-order valence-corrected chi connectivity index (χ3v) is 3.92. The summed E-state index contributed by atoms with van der Waals surface area (Å²) in [5.41, 5.74) is 0.857. The summed E-state index contributed by atoms with van der Waals surface area (Å²) in [4.78, 5) is 25.0. The van der Waals surface area contributed by atoms with Crippen LogP contribution in [0.2, 0.25) is 0 Å². The monoisotopic (exact) mass is 292 g/mol. The van der Waals surface area contributed by atoms with Gasteiger partial charge in [-0.1, -0.05) is 18.6 Å². The molecule has 1 fully saturated rings. The van der Waals surface area contributed by atoms with Crippen molar-refractivity contribution in [2.75, 3.05) is 13.1 Å². The van der Waals surface area contributed by atoms with Gasteiger partial charge in [0.05, 0.1) is 18.6 Å². The van der Waals surface area contributed by atoms with Crippen molar-refractivity contribution in [3.63, 3.8) is 0 Å². The maximum Gasteiger partial charge on any atom is 0.234 e. The lowest BCUT2D eigenvalue weighted by atomic mass is 10.0. The third-order valence-electron chi connectivity index (χ3n) is 3.92. The number of benzene rings is 1. The maximum atomic E-state index is 12.9. The smallest absolute Gasteiger partial charge is 0.234 e. The minimum Gasteiger partial charge on any atom is -0.348 e. The summed E-state index contributed by atoms with van der Waals surface area (Å²) < 4.78 is 12.9. The van der Waals surface area contributed by atoms with Crippen LogP contribution in [-0.2, 0) is 9.59 Å². The number of hydrogen-bond acceptors (Lipinski definition) is 3. The van der Waals surface area contributed by atoms with Crippen molar-refractivity contribution in [2.24, 2.45) is 0 Å². The number of halogens is 1. The Hall–Kier alpha value is -1.75. The van der Waals surface area contributed by atoms with Crippen LogP contribution >= 0.6 is 0 Å². The first-order valence-electron chi connectivity index (χ1n) is 7.34. The molecule has 1 aromatic carbocycles. The number of amides is 1. The molecule has 1 amide bonds. The van der Waals surface area contributed by atoms with Gasteiger partial charge in [0.1, 0.15) is 12.1 Å². The van der Waals surface area contributed by atoms with Gasteiger partial charge < -0.3 is 10.1 Å². The molecule has 21 heavy (non-hydrogen) atoms. The summed E-state index contributed by atoms with van der Waals surface area (Å²) in [5, 5.41) is 2.89. The van der Waals surface area contributed by atoms with Gasteiger partial charge in [0, 0.05) is 0 Å². The van der Waals surface area contributed by atoms with Crippen molar-refractivity contribution in [3.05, 3.63) is 35.6 Å². The Morgan fingerprint density at radius 2 is 2.14 bits per heavy atom. The first-order valence-corrected chi connectivity index (χ1v) is 7.34. The summed E-state index contributed by atoms with van der Waals surface area (Å²) in [5.74, 6) is -0.403. The molecule has 4 nitrogen and oxygen atoms in total. The van der Waals surface area contributed by atoms with Gasteiger partial charge in [-0.3, -0.25) is 9.69 Å². The van der Waals surface area contributed by atoms with E-state index >= 15 is 0 Å². The quantitative estimate of drug-likeness (QED) is 0.845. The molecule has 2 atom stereocenters. The fraction of sp³-hybridized carbons (Fsp3) is 0.500. The molecule has 0 saturated carbocycles. The van der Waals surface area contributed by atoms with E-state index in [0.29, 0.717) is 0 Å². The Balaban J connectivity index is 1.88. The summed E-state index contributed by atoms with van der Waals surface area (Å²) >= 11 is 0. The van der Waals surface area contributed by atoms with Gasteiger partial charge in [-0.15, -0.1) is 0 Å². The maximum absolute atomic E-state index is 12.9. The summed E-state index contributed by atoms with van der Waals surface area (Å²) in [6.45, 7) is 2.87. The largest absolute Gasteiger partial charge is 0.348 e. The van der Waals surface area contributed by atoms with Gasteiger partial charge >= 0.3 is 0 Å². The number of piperidine rings is 1. The Kier molecular flexibility index (Phi) is 5.44. The van der Waals surface area contributed by atoms with E-state index < -0.39 is 0 Å². The Morgan fingerprint density at radius 3 is 2.81 bits per heavy atom. The standard InChI is InChI=1S/C16H21FN2O2/c1-12(13-5-7-14(17)8-6-13)18-16(21)10-19-9-3-2-4-15(19)11-20/h5-8,11-12,15H,2-4,9-10H2,1H3,(H,18,21). The fourth-order valence-electron chi connectivity index (χ4n) is 2.67. The van der Waals surface area contributed by atoms with Crippen LogP contribution in [0.5, 0.6) is 0 Å². The number of likely N-dealkylation sites (tertiary alicyclic amines) is 1. The minimum atomic E-state index is -0.292. The molecule has 1 heterocycles. The highest BCUT2D eigenvalue weighted by Gasteiger charge is 2.24. The van der Waals surface area contributed by atoms with Crippen molar-refractivity contribution < 1.29 is 14.0 Å². The van der Waals surface area contributed by atoms with Crippen LogP contribution < -0.4 is 5.32 Å². The molecule has 1 aromatic rings. The Bertz CT molecular complexity index is 490. The molecule has 0 aliphatic carbocycles. The summed E-state index contributed by atoms with van der Waals surface area (Å²) in [6, 6.07) is 5.75. The van der Waals surface area contributed by atoms with Crippen LogP contribution in [0.15, 0.2) is 24.3 Å². The first kappa shape index (κ1) is 15.6. The number of hydrogen-bond donors (Lipinski definition) is 1. The van der Waals surface area contributed by atoms with E-state index in [4.69, 9.17) is 0 Å².